The zero-order valence-electron chi connectivity index (χ0n) is 10.8. The Labute approximate surface area is 109 Å². The highest BCUT2D eigenvalue weighted by atomic mass is 14.9. The second-order valence-corrected chi connectivity index (χ2v) is 4.45. The van der Waals surface area contributed by atoms with Gasteiger partial charge < -0.3 is 5.32 Å². The van der Waals surface area contributed by atoms with Gasteiger partial charge in [0.15, 0.2) is 0 Å². The van der Waals surface area contributed by atoms with E-state index in [1.165, 1.54) is 12.0 Å². The highest BCUT2D eigenvalue weighted by molar-refractivity contribution is 5.19. The topological polar surface area (TPSA) is 24.9 Å². The fraction of sp³-hybridized carbons (Fsp3) is 0.312. The van der Waals surface area contributed by atoms with Crippen LogP contribution < -0.4 is 5.32 Å². The highest BCUT2D eigenvalue weighted by Gasteiger charge is 2.09. The van der Waals surface area contributed by atoms with E-state index in [1.54, 1.807) is 0 Å². The Kier molecular flexibility index (Phi) is 4.91. The molecular formula is C16H20N2. The second kappa shape index (κ2) is 6.92. The van der Waals surface area contributed by atoms with Crippen molar-refractivity contribution in [1.29, 1.82) is 0 Å². The van der Waals surface area contributed by atoms with Crippen LogP contribution in [0.2, 0.25) is 0 Å². The van der Waals surface area contributed by atoms with Crippen LogP contribution >= 0.6 is 0 Å². The van der Waals surface area contributed by atoms with Gasteiger partial charge in [-0.2, -0.15) is 0 Å². The molecule has 1 atom stereocenters. The molecule has 0 bridgehead atoms. The lowest BCUT2D eigenvalue weighted by Gasteiger charge is -2.18. The Morgan fingerprint density at radius 2 is 1.83 bits per heavy atom. The van der Waals surface area contributed by atoms with Crippen LogP contribution in [-0.4, -0.2) is 4.98 Å². The summed E-state index contributed by atoms with van der Waals surface area (Å²) in [6, 6.07) is 17.1. The Balaban J connectivity index is 1.99. The fourth-order valence-electron chi connectivity index (χ4n) is 2.09. The molecular weight excluding hydrogens is 220 g/mol. The first-order valence-electron chi connectivity index (χ1n) is 6.58. The van der Waals surface area contributed by atoms with Crippen molar-refractivity contribution in [3.63, 3.8) is 0 Å². The maximum atomic E-state index is 4.34. The number of hydrogen-bond acceptors (Lipinski definition) is 2. The molecule has 1 aromatic carbocycles. The monoisotopic (exact) mass is 240 g/mol. The van der Waals surface area contributed by atoms with Crippen LogP contribution in [0.5, 0.6) is 0 Å². The summed E-state index contributed by atoms with van der Waals surface area (Å²) in [6.45, 7) is 3.04. The predicted octanol–water partition coefficient (Wildman–Crippen LogP) is 3.71. The molecule has 2 aromatic rings. The number of rotatable bonds is 6. The smallest absolute Gasteiger partial charge is 0.0541 e. The van der Waals surface area contributed by atoms with Gasteiger partial charge in [-0.05, 0) is 24.1 Å². The van der Waals surface area contributed by atoms with Crippen molar-refractivity contribution < 1.29 is 0 Å². The van der Waals surface area contributed by atoms with E-state index >= 15 is 0 Å². The molecule has 2 nitrogen and oxygen atoms in total. The first kappa shape index (κ1) is 12.8. The summed E-state index contributed by atoms with van der Waals surface area (Å²) in [5.41, 5.74) is 2.45. The summed E-state index contributed by atoms with van der Waals surface area (Å²) < 4.78 is 0. The van der Waals surface area contributed by atoms with E-state index in [1.807, 2.05) is 18.3 Å². The van der Waals surface area contributed by atoms with Gasteiger partial charge in [-0.25, -0.2) is 0 Å². The van der Waals surface area contributed by atoms with Crippen LogP contribution in [0.1, 0.15) is 37.1 Å². The van der Waals surface area contributed by atoms with Gasteiger partial charge in [0, 0.05) is 18.8 Å². The third-order valence-electron chi connectivity index (χ3n) is 3.04. The number of aromatic nitrogens is 1. The summed E-state index contributed by atoms with van der Waals surface area (Å²) in [4.78, 5) is 4.34. The molecule has 1 heterocycles. The number of benzene rings is 1. The van der Waals surface area contributed by atoms with Crippen LogP contribution in [0.15, 0.2) is 54.7 Å². The average molecular weight is 240 g/mol. The third-order valence-corrected chi connectivity index (χ3v) is 3.04. The van der Waals surface area contributed by atoms with Gasteiger partial charge in [0.05, 0.1) is 5.69 Å². The standard InChI is InChI=1S/C16H20N2/c1-2-8-16(14-9-4-3-5-10-14)18-13-15-11-6-7-12-17-15/h3-7,9-12,16,18H,2,8,13H2,1H3. The molecule has 94 valence electrons. The Morgan fingerprint density at radius 1 is 1.06 bits per heavy atom. The zero-order chi connectivity index (χ0) is 12.6. The molecule has 18 heavy (non-hydrogen) atoms. The molecule has 0 fully saturated rings. The van der Waals surface area contributed by atoms with Gasteiger partial charge in [-0.15, -0.1) is 0 Å². The molecule has 0 saturated carbocycles. The predicted molar refractivity (Wildman–Crippen MR) is 75.2 cm³/mol. The first-order valence-corrected chi connectivity index (χ1v) is 6.58. The molecule has 2 heteroatoms. The number of nitrogens with zero attached hydrogens (tertiary/aromatic N) is 1. The summed E-state index contributed by atoms with van der Waals surface area (Å²) >= 11 is 0. The van der Waals surface area contributed by atoms with Crippen LogP contribution in [0, 0.1) is 0 Å². The normalized spacial score (nSPS) is 12.3. The van der Waals surface area contributed by atoms with Gasteiger partial charge in [0.1, 0.15) is 0 Å². The van der Waals surface area contributed by atoms with Gasteiger partial charge in [-0.3, -0.25) is 4.98 Å². The van der Waals surface area contributed by atoms with Crippen molar-refractivity contribution in [2.24, 2.45) is 0 Å². The highest BCUT2D eigenvalue weighted by Crippen LogP contribution is 2.18. The van der Waals surface area contributed by atoms with E-state index in [4.69, 9.17) is 0 Å². The summed E-state index contributed by atoms with van der Waals surface area (Å²) in [7, 11) is 0. The van der Waals surface area contributed by atoms with Crippen molar-refractivity contribution in [3.05, 3.63) is 66.0 Å². The molecule has 0 radical (unpaired) electrons. The number of nitrogens with one attached hydrogen (secondary N) is 1. The second-order valence-electron chi connectivity index (χ2n) is 4.45. The van der Waals surface area contributed by atoms with Crippen molar-refractivity contribution in [2.45, 2.75) is 32.4 Å². The molecule has 2 rings (SSSR count). The van der Waals surface area contributed by atoms with Gasteiger partial charge in [0.2, 0.25) is 0 Å². The van der Waals surface area contributed by atoms with E-state index in [2.05, 4.69) is 53.6 Å². The lowest BCUT2D eigenvalue weighted by molar-refractivity contribution is 0.490. The number of pyridine rings is 1. The Bertz CT molecular complexity index is 439. The van der Waals surface area contributed by atoms with E-state index in [9.17, 15) is 0 Å². The molecule has 0 aliphatic carbocycles. The van der Waals surface area contributed by atoms with Crippen LogP contribution in [0.25, 0.3) is 0 Å². The van der Waals surface area contributed by atoms with Crippen molar-refractivity contribution in [2.75, 3.05) is 0 Å². The van der Waals surface area contributed by atoms with Gasteiger partial charge in [0.25, 0.3) is 0 Å². The Hall–Kier alpha value is -1.67. The molecule has 0 saturated heterocycles. The summed E-state index contributed by atoms with van der Waals surface area (Å²) in [6.07, 6.45) is 4.17. The summed E-state index contributed by atoms with van der Waals surface area (Å²) in [5, 5.41) is 3.59. The lowest BCUT2D eigenvalue weighted by atomic mass is 10.0. The molecule has 1 N–H and O–H groups in total. The van der Waals surface area contributed by atoms with Crippen molar-refractivity contribution in [3.8, 4) is 0 Å². The van der Waals surface area contributed by atoms with E-state index < -0.39 is 0 Å². The van der Waals surface area contributed by atoms with Gasteiger partial charge >= 0.3 is 0 Å². The minimum atomic E-state index is 0.415. The van der Waals surface area contributed by atoms with E-state index in [0.29, 0.717) is 6.04 Å². The van der Waals surface area contributed by atoms with E-state index in [-0.39, 0.29) is 0 Å². The summed E-state index contributed by atoms with van der Waals surface area (Å²) in [5.74, 6) is 0. The van der Waals surface area contributed by atoms with Crippen LogP contribution in [0.4, 0.5) is 0 Å². The van der Waals surface area contributed by atoms with Crippen molar-refractivity contribution >= 4 is 0 Å². The molecule has 0 aliphatic heterocycles. The van der Waals surface area contributed by atoms with Crippen molar-refractivity contribution in [1.82, 2.24) is 10.3 Å². The minimum Gasteiger partial charge on any atom is -0.304 e. The Morgan fingerprint density at radius 3 is 2.50 bits per heavy atom. The SMILES string of the molecule is CCCC(NCc1ccccn1)c1ccccc1. The zero-order valence-corrected chi connectivity index (χ0v) is 10.8. The third kappa shape index (κ3) is 3.67. The average Bonchev–Trinajstić information content (AvgIpc) is 2.45. The number of hydrogen-bond donors (Lipinski definition) is 1. The first-order chi connectivity index (χ1) is 8.90. The minimum absolute atomic E-state index is 0.415. The molecule has 1 aromatic heterocycles. The van der Waals surface area contributed by atoms with E-state index in [0.717, 1.165) is 18.7 Å². The van der Waals surface area contributed by atoms with Crippen LogP contribution in [0.3, 0.4) is 0 Å². The lowest BCUT2D eigenvalue weighted by Crippen LogP contribution is -2.21. The molecule has 0 amide bonds. The quantitative estimate of drug-likeness (QED) is 0.832. The maximum absolute atomic E-state index is 4.34. The molecule has 0 spiro atoms. The molecule has 1 unspecified atom stereocenters. The largest absolute Gasteiger partial charge is 0.304 e. The maximum Gasteiger partial charge on any atom is 0.0541 e. The fourth-order valence-corrected chi connectivity index (χ4v) is 2.09. The molecule has 0 aliphatic rings. The van der Waals surface area contributed by atoms with Gasteiger partial charge in [-0.1, -0.05) is 49.7 Å². The van der Waals surface area contributed by atoms with Crippen LogP contribution in [-0.2, 0) is 6.54 Å².